The van der Waals surface area contributed by atoms with E-state index in [1.54, 1.807) is 16.7 Å². The van der Waals surface area contributed by atoms with Crippen molar-refractivity contribution in [1.29, 1.82) is 0 Å². The summed E-state index contributed by atoms with van der Waals surface area (Å²) in [5, 5.41) is 9.75. The third-order valence-corrected chi connectivity index (χ3v) is 6.50. The Hall–Kier alpha value is -3.91. The van der Waals surface area contributed by atoms with Crippen molar-refractivity contribution in [3.05, 3.63) is 100 Å². The van der Waals surface area contributed by atoms with E-state index in [-0.39, 0.29) is 5.56 Å². The van der Waals surface area contributed by atoms with Crippen molar-refractivity contribution in [3.8, 4) is 22.8 Å². The molecule has 0 aliphatic rings. The average molecular weight is 484 g/mol. The molecule has 0 radical (unpaired) electrons. The predicted octanol–water partition coefficient (Wildman–Crippen LogP) is 5.25. The fourth-order valence-electron chi connectivity index (χ4n) is 3.89. The molecular formula is C27H25N5O2S. The smallest absolute Gasteiger partial charge is 0.258 e. The van der Waals surface area contributed by atoms with Gasteiger partial charge in [-0.2, -0.15) is 0 Å². The van der Waals surface area contributed by atoms with E-state index in [1.165, 1.54) is 11.8 Å². The summed E-state index contributed by atoms with van der Waals surface area (Å²) >= 11 is 1.50. The lowest BCUT2D eigenvalue weighted by molar-refractivity contribution is 0.340. The van der Waals surface area contributed by atoms with E-state index in [0.29, 0.717) is 23.7 Å². The number of hydrogen-bond acceptors (Lipinski definition) is 6. The number of pyridine rings is 1. The van der Waals surface area contributed by atoms with Gasteiger partial charge in [0.25, 0.3) is 5.56 Å². The first kappa shape index (κ1) is 22.9. The summed E-state index contributed by atoms with van der Waals surface area (Å²) in [5.74, 6) is 2.05. The summed E-state index contributed by atoms with van der Waals surface area (Å²) in [7, 11) is 0. The highest BCUT2D eigenvalue weighted by atomic mass is 32.2. The maximum atomic E-state index is 12.6. The number of hydrogen-bond donors (Lipinski definition) is 0. The normalized spacial score (nSPS) is 11.2. The van der Waals surface area contributed by atoms with Crippen LogP contribution in [0.15, 0.2) is 82.9 Å². The first-order valence-electron chi connectivity index (χ1n) is 11.4. The van der Waals surface area contributed by atoms with E-state index in [2.05, 4.69) is 29.3 Å². The van der Waals surface area contributed by atoms with Crippen LogP contribution >= 0.6 is 11.8 Å². The number of ether oxygens (including phenoxy) is 1. The zero-order valence-electron chi connectivity index (χ0n) is 19.8. The van der Waals surface area contributed by atoms with Crippen LogP contribution in [0.1, 0.15) is 23.7 Å². The fourth-order valence-corrected chi connectivity index (χ4v) is 4.74. The van der Waals surface area contributed by atoms with Crippen LogP contribution in [0.25, 0.3) is 22.7 Å². The summed E-state index contributed by atoms with van der Waals surface area (Å²) in [6.07, 6.45) is 1.76. The van der Waals surface area contributed by atoms with Gasteiger partial charge in [0.1, 0.15) is 11.4 Å². The van der Waals surface area contributed by atoms with Crippen molar-refractivity contribution in [3.63, 3.8) is 0 Å². The predicted molar refractivity (Wildman–Crippen MR) is 138 cm³/mol. The van der Waals surface area contributed by atoms with Gasteiger partial charge in [-0.3, -0.25) is 13.8 Å². The molecule has 0 aliphatic heterocycles. The Morgan fingerprint density at radius 1 is 0.943 bits per heavy atom. The number of thioether (sulfide) groups is 1. The first-order chi connectivity index (χ1) is 17.0. The van der Waals surface area contributed by atoms with Crippen LogP contribution in [0, 0.1) is 13.8 Å². The van der Waals surface area contributed by atoms with Crippen molar-refractivity contribution in [1.82, 2.24) is 24.1 Å². The molecule has 35 heavy (non-hydrogen) atoms. The number of aryl methyl sites for hydroxylation is 2. The second kappa shape index (κ2) is 9.76. The molecule has 3 aromatic heterocycles. The standard InChI is InChI=1S/C27H25N5O2S/c1-4-34-23-10-8-22(9-11-23)32-26(20-7-5-6-18(2)14-20)29-30-27(32)35-17-21-16-25(33)31-13-12-19(3)15-24(31)28-21/h5-16H,4,17H2,1-3H3. The largest absolute Gasteiger partial charge is 0.494 e. The molecule has 0 amide bonds. The summed E-state index contributed by atoms with van der Waals surface area (Å²) < 4.78 is 9.20. The Labute approximate surface area is 207 Å². The van der Waals surface area contributed by atoms with E-state index in [1.807, 2.05) is 66.9 Å². The molecular weight excluding hydrogens is 458 g/mol. The van der Waals surface area contributed by atoms with Gasteiger partial charge in [-0.05, 0) is 68.8 Å². The molecule has 176 valence electrons. The first-order valence-corrected chi connectivity index (χ1v) is 12.4. The molecule has 0 N–H and O–H groups in total. The lowest BCUT2D eigenvalue weighted by Gasteiger charge is -2.12. The quantitative estimate of drug-likeness (QED) is 0.294. The maximum Gasteiger partial charge on any atom is 0.258 e. The second-order valence-electron chi connectivity index (χ2n) is 8.24. The Morgan fingerprint density at radius 2 is 1.74 bits per heavy atom. The molecule has 2 aromatic carbocycles. The van der Waals surface area contributed by atoms with Crippen LogP contribution < -0.4 is 10.3 Å². The molecule has 3 heterocycles. The van der Waals surface area contributed by atoms with Gasteiger partial charge in [0.05, 0.1) is 12.3 Å². The highest BCUT2D eigenvalue weighted by Gasteiger charge is 2.17. The van der Waals surface area contributed by atoms with Gasteiger partial charge in [0.2, 0.25) is 0 Å². The number of aromatic nitrogens is 5. The number of rotatable bonds is 7. The topological polar surface area (TPSA) is 74.3 Å². The number of fused-ring (bicyclic) bond motifs is 1. The van der Waals surface area contributed by atoms with Gasteiger partial charge >= 0.3 is 0 Å². The molecule has 0 bridgehead atoms. The zero-order chi connectivity index (χ0) is 24.4. The van der Waals surface area contributed by atoms with Crippen molar-refractivity contribution in [2.24, 2.45) is 0 Å². The number of benzene rings is 2. The summed E-state index contributed by atoms with van der Waals surface area (Å²) in [6, 6.07) is 21.5. The Bertz CT molecular complexity index is 1560. The van der Waals surface area contributed by atoms with Crippen LogP contribution in [-0.2, 0) is 5.75 Å². The van der Waals surface area contributed by atoms with Crippen LogP contribution in [0.5, 0.6) is 5.75 Å². The maximum absolute atomic E-state index is 12.6. The molecule has 5 rings (SSSR count). The minimum absolute atomic E-state index is 0.0981. The van der Waals surface area contributed by atoms with E-state index in [0.717, 1.165) is 39.1 Å². The molecule has 8 heteroatoms. The molecule has 0 fully saturated rings. The molecule has 7 nitrogen and oxygen atoms in total. The van der Waals surface area contributed by atoms with Crippen LogP contribution in [-0.4, -0.2) is 30.8 Å². The Kier molecular flexibility index (Phi) is 6.37. The molecule has 5 aromatic rings. The monoisotopic (exact) mass is 483 g/mol. The fraction of sp³-hybridized carbons (Fsp3) is 0.185. The van der Waals surface area contributed by atoms with Gasteiger partial charge in [-0.15, -0.1) is 10.2 Å². The molecule has 0 unspecified atom stereocenters. The number of nitrogens with zero attached hydrogens (tertiary/aromatic N) is 5. The summed E-state index contributed by atoms with van der Waals surface area (Å²) in [6.45, 7) is 6.62. The van der Waals surface area contributed by atoms with E-state index in [9.17, 15) is 4.79 Å². The SMILES string of the molecule is CCOc1ccc(-n2c(SCc3cc(=O)n4ccc(C)cc4n3)nnc2-c2cccc(C)c2)cc1. The molecule has 0 aliphatic carbocycles. The Morgan fingerprint density at radius 3 is 2.51 bits per heavy atom. The van der Waals surface area contributed by atoms with Gasteiger partial charge < -0.3 is 4.74 Å². The van der Waals surface area contributed by atoms with Gasteiger partial charge in [0.15, 0.2) is 11.0 Å². The molecule has 0 spiro atoms. The van der Waals surface area contributed by atoms with Crippen molar-refractivity contribution < 1.29 is 4.74 Å². The highest BCUT2D eigenvalue weighted by molar-refractivity contribution is 7.98. The third kappa shape index (κ3) is 4.83. The molecule has 0 atom stereocenters. The van der Waals surface area contributed by atoms with Gasteiger partial charge in [-0.25, -0.2) is 4.98 Å². The van der Waals surface area contributed by atoms with E-state index < -0.39 is 0 Å². The van der Waals surface area contributed by atoms with Crippen molar-refractivity contribution >= 4 is 17.4 Å². The lowest BCUT2D eigenvalue weighted by atomic mass is 10.1. The lowest BCUT2D eigenvalue weighted by Crippen LogP contribution is -2.15. The summed E-state index contributed by atoms with van der Waals surface area (Å²) in [5.41, 5.74) is 5.36. The van der Waals surface area contributed by atoms with Gasteiger partial charge in [-0.1, -0.05) is 35.5 Å². The Balaban J connectivity index is 1.52. The minimum atomic E-state index is -0.0981. The highest BCUT2D eigenvalue weighted by Crippen LogP contribution is 2.30. The van der Waals surface area contributed by atoms with Crippen molar-refractivity contribution in [2.75, 3.05) is 6.61 Å². The second-order valence-corrected chi connectivity index (χ2v) is 9.19. The summed E-state index contributed by atoms with van der Waals surface area (Å²) in [4.78, 5) is 17.3. The molecule has 0 saturated heterocycles. The van der Waals surface area contributed by atoms with Crippen molar-refractivity contribution in [2.45, 2.75) is 31.7 Å². The van der Waals surface area contributed by atoms with Crippen LogP contribution in [0.3, 0.4) is 0 Å². The van der Waals surface area contributed by atoms with Gasteiger partial charge in [0, 0.05) is 29.3 Å². The van der Waals surface area contributed by atoms with E-state index in [4.69, 9.17) is 9.72 Å². The molecule has 0 saturated carbocycles. The third-order valence-electron chi connectivity index (χ3n) is 5.54. The van der Waals surface area contributed by atoms with Crippen LogP contribution in [0.2, 0.25) is 0 Å². The zero-order valence-corrected chi connectivity index (χ0v) is 20.6. The van der Waals surface area contributed by atoms with Crippen LogP contribution in [0.4, 0.5) is 0 Å². The average Bonchev–Trinajstić information content (AvgIpc) is 3.27. The minimum Gasteiger partial charge on any atom is -0.494 e. The van der Waals surface area contributed by atoms with E-state index >= 15 is 0 Å².